The van der Waals surface area contributed by atoms with E-state index < -0.39 is 6.04 Å². The SMILES string of the molecule is CC(C)c1nc(C(N)c2cc(Br)c(Cl)s2)no1. The summed E-state index contributed by atoms with van der Waals surface area (Å²) in [4.78, 5) is 5.17. The minimum absolute atomic E-state index is 0.196. The minimum Gasteiger partial charge on any atom is -0.339 e. The average molecular weight is 337 g/mol. The highest BCUT2D eigenvalue weighted by atomic mass is 79.9. The summed E-state index contributed by atoms with van der Waals surface area (Å²) >= 11 is 10.7. The number of aromatic nitrogens is 2. The van der Waals surface area contributed by atoms with Crippen molar-refractivity contribution in [3.05, 3.63) is 31.5 Å². The summed E-state index contributed by atoms with van der Waals surface area (Å²) in [6.07, 6.45) is 0. The van der Waals surface area contributed by atoms with Crippen LogP contribution in [0.5, 0.6) is 0 Å². The molecule has 92 valence electrons. The van der Waals surface area contributed by atoms with Gasteiger partial charge in [-0.05, 0) is 22.0 Å². The fraction of sp³-hybridized carbons (Fsp3) is 0.400. The van der Waals surface area contributed by atoms with Crippen molar-refractivity contribution in [2.45, 2.75) is 25.8 Å². The molecule has 0 aliphatic heterocycles. The van der Waals surface area contributed by atoms with Crippen molar-refractivity contribution in [2.75, 3.05) is 0 Å². The fourth-order valence-corrected chi connectivity index (χ4v) is 2.99. The van der Waals surface area contributed by atoms with E-state index >= 15 is 0 Å². The molecule has 0 saturated heterocycles. The van der Waals surface area contributed by atoms with Crippen LogP contribution in [-0.2, 0) is 0 Å². The summed E-state index contributed by atoms with van der Waals surface area (Å²) in [5, 5.41) is 3.89. The maximum atomic E-state index is 6.06. The maximum Gasteiger partial charge on any atom is 0.229 e. The summed E-state index contributed by atoms with van der Waals surface area (Å²) in [5.41, 5.74) is 6.06. The lowest BCUT2D eigenvalue weighted by Crippen LogP contribution is -2.12. The van der Waals surface area contributed by atoms with E-state index in [1.807, 2.05) is 19.9 Å². The summed E-state index contributed by atoms with van der Waals surface area (Å²) in [7, 11) is 0. The number of thiophene rings is 1. The quantitative estimate of drug-likeness (QED) is 0.927. The monoisotopic (exact) mass is 335 g/mol. The van der Waals surface area contributed by atoms with Crippen molar-refractivity contribution < 1.29 is 4.52 Å². The smallest absolute Gasteiger partial charge is 0.229 e. The zero-order valence-corrected chi connectivity index (χ0v) is 12.4. The molecule has 0 fully saturated rings. The molecule has 0 aliphatic carbocycles. The molecule has 2 rings (SSSR count). The summed E-state index contributed by atoms with van der Waals surface area (Å²) in [5.74, 6) is 1.28. The van der Waals surface area contributed by atoms with Gasteiger partial charge in [0.2, 0.25) is 5.89 Å². The van der Waals surface area contributed by atoms with Gasteiger partial charge in [0.05, 0.1) is 0 Å². The van der Waals surface area contributed by atoms with Gasteiger partial charge in [-0.3, -0.25) is 0 Å². The predicted molar refractivity (Wildman–Crippen MR) is 71.4 cm³/mol. The van der Waals surface area contributed by atoms with E-state index in [4.69, 9.17) is 21.9 Å². The van der Waals surface area contributed by atoms with Crippen molar-refractivity contribution in [3.63, 3.8) is 0 Å². The van der Waals surface area contributed by atoms with E-state index in [2.05, 4.69) is 26.1 Å². The first-order valence-electron chi connectivity index (χ1n) is 5.03. The lowest BCUT2D eigenvalue weighted by atomic mass is 10.2. The third-order valence-electron chi connectivity index (χ3n) is 2.20. The van der Waals surface area contributed by atoms with Gasteiger partial charge in [0.1, 0.15) is 10.4 Å². The van der Waals surface area contributed by atoms with Gasteiger partial charge in [-0.25, -0.2) is 0 Å². The first-order valence-corrected chi connectivity index (χ1v) is 7.01. The van der Waals surface area contributed by atoms with Crippen molar-refractivity contribution in [1.82, 2.24) is 10.1 Å². The third-order valence-corrected chi connectivity index (χ3v) is 4.76. The average Bonchev–Trinajstić information content (AvgIpc) is 2.86. The standard InChI is InChI=1S/C10H11BrClN3OS/c1-4(2)10-14-9(15-16-10)7(13)6-3-5(11)8(12)17-6/h3-4,7H,13H2,1-2H3. The lowest BCUT2D eigenvalue weighted by Gasteiger charge is -2.02. The first-order chi connectivity index (χ1) is 7.99. The van der Waals surface area contributed by atoms with Crippen molar-refractivity contribution in [2.24, 2.45) is 5.73 Å². The third kappa shape index (κ3) is 2.70. The van der Waals surface area contributed by atoms with Crippen LogP contribution in [0.3, 0.4) is 0 Å². The van der Waals surface area contributed by atoms with Crippen LogP contribution >= 0.6 is 38.9 Å². The minimum atomic E-state index is -0.403. The first kappa shape index (κ1) is 13.0. The van der Waals surface area contributed by atoms with Gasteiger partial charge in [-0.15, -0.1) is 11.3 Å². The van der Waals surface area contributed by atoms with Gasteiger partial charge < -0.3 is 10.3 Å². The second-order valence-electron chi connectivity index (χ2n) is 3.89. The molecule has 2 N–H and O–H groups in total. The Morgan fingerprint density at radius 3 is 2.71 bits per heavy atom. The molecule has 1 atom stereocenters. The second kappa shape index (κ2) is 5.06. The van der Waals surface area contributed by atoms with Gasteiger partial charge in [-0.2, -0.15) is 4.98 Å². The zero-order valence-electron chi connectivity index (χ0n) is 9.28. The van der Waals surface area contributed by atoms with Crippen LogP contribution in [0.2, 0.25) is 4.34 Å². The molecular formula is C10H11BrClN3OS. The van der Waals surface area contributed by atoms with E-state index in [0.717, 1.165) is 9.35 Å². The van der Waals surface area contributed by atoms with Crippen molar-refractivity contribution in [3.8, 4) is 0 Å². The van der Waals surface area contributed by atoms with Crippen LogP contribution in [0.4, 0.5) is 0 Å². The number of halogens is 2. The Hall–Kier alpha value is -0.430. The Morgan fingerprint density at radius 2 is 2.24 bits per heavy atom. The largest absolute Gasteiger partial charge is 0.339 e. The summed E-state index contributed by atoms with van der Waals surface area (Å²) in [6.45, 7) is 3.98. The molecule has 4 nitrogen and oxygen atoms in total. The highest BCUT2D eigenvalue weighted by Gasteiger charge is 2.20. The predicted octanol–water partition coefficient (Wildman–Crippen LogP) is 3.72. The van der Waals surface area contributed by atoms with Crippen LogP contribution < -0.4 is 5.73 Å². The molecule has 0 aliphatic rings. The Balaban J connectivity index is 2.27. The molecular weight excluding hydrogens is 326 g/mol. The number of rotatable bonds is 3. The normalized spacial score (nSPS) is 13.3. The lowest BCUT2D eigenvalue weighted by molar-refractivity contribution is 0.359. The van der Waals surface area contributed by atoms with Gasteiger partial charge in [-0.1, -0.05) is 30.6 Å². The highest BCUT2D eigenvalue weighted by Crippen LogP contribution is 2.35. The van der Waals surface area contributed by atoms with E-state index in [9.17, 15) is 0 Å². The number of hydrogen-bond acceptors (Lipinski definition) is 5. The van der Waals surface area contributed by atoms with Crippen LogP contribution in [0.1, 0.15) is 42.4 Å². The molecule has 7 heteroatoms. The van der Waals surface area contributed by atoms with Crippen LogP contribution in [0.15, 0.2) is 15.1 Å². The molecule has 0 spiro atoms. The Morgan fingerprint density at radius 1 is 1.53 bits per heavy atom. The van der Waals surface area contributed by atoms with E-state index in [1.54, 1.807) is 0 Å². The van der Waals surface area contributed by atoms with Gasteiger partial charge in [0.25, 0.3) is 0 Å². The molecule has 0 bridgehead atoms. The highest BCUT2D eigenvalue weighted by molar-refractivity contribution is 9.10. The number of nitrogens with two attached hydrogens (primary N) is 1. The van der Waals surface area contributed by atoms with Crippen LogP contribution in [0, 0.1) is 0 Å². The molecule has 0 radical (unpaired) electrons. The van der Waals surface area contributed by atoms with Gasteiger partial charge in [0, 0.05) is 15.3 Å². The van der Waals surface area contributed by atoms with Gasteiger partial charge in [0.15, 0.2) is 5.82 Å². The maximum absolute atomic E-state index is 6.06. The van der Waals surface area contributed by atoms with Crippen LogP contribution in [0.25, 0.3) is 0 Å². The topological polar surface area (TPSA) is 64.9 Å². The number of nitrogens with zero attached hydrogens (tertiary/aromatic N) is 2. The summed E-state index contributed by atoms with van der Waals surface area (Å²) < 4.78 is 6.63. The fourth-order valence-electron chi connectivity index (χ4n) is 1.25. The molecule has 2 heterocycles. The van der Waals surface area contributed by atoms with E-state index in [-0.39, 0.29) is 5.92 Å². The Bertz CT molecular complexity index is 506. The molecule has 2 aromatic heterocycles. The summed E-state index contributed by atoms with van der Waals surface area (Å²) in [6, 6.07) is 1.48. The molecule has 0 aromatic carbocycles. The Labute approximate surface area is 116 Å². The second-order valence-corrected chi connectivity index (χ2v) is 6.43. The van der Waals surface area contributed by atoms with Gasteiger partial charge >= 0.3 is 0 Å². The zero-order chi connectivity index (χ0) is 12.6. The Kier molecular flexibility index (Phi) is 3.87. The molecule has 0 amide bonds. The van der Waals surface area contributed by atoms with E-state index in [1.165, 1.54) is 11.3 Å². The number of hydrogen-bond donors (Lipinski definition) is 1. The molecule has 2 aromatic rings. The molecule has 1 unspecified atom stereocenters. The van der Waals surface area contributed by atoms with Crippen LogP contribution in [-0.4, -0.2) is 10.1 Å². The van der Waals surface area contributed by atoms with Crippen molar-refractivity contribution in [1.29, 1.82) is 0 Å². The molecule has 17 heavy (non-hydrogen) atoms. The van der Waals surface area contributed by atoms with Crippen molar-refractivity contribution >= 4 is 38.9 Å². The van der Waals surface area contributed by atoms with E-state index in [0.29, 0.717) is 16.1 Å². The molecule has 0 saturated carbocycles.